The zero-order chi connectivity index (χ0) is 36.0. The second-order valence-corrected chi connectivity index (χ2v) is 11.8. The summed E-state index contributed by atoms with van der Waals surface area (Å²) in [4.78, 5) is 48.2. The summed E-state index contributed by atoms with van der Waals surface area (Å²) in [7, 11) is 0. The zero-order valence-corrected chi connectivity index (χ0v) is 27.7. The van der Waals surface area contributed by atoms with E-state index in [1.165, 1.54) is 0 Å². The van der Waals surface area contributed by atoms with Gasteiger partial charge in [0.25, 0.3) is 0 Å². The molecule has 0 N–H and O–H groups in total. The van der Waals surface area contributed by atoms with Crippen LogP contribution < -0.4 is 0 Å². The van der Waals surface area contributed by atoms with Crippen LogP contribution in [0, 0.1) is 0 Å². The Bertz CT molecular complexity index is 1620. The average Bonchev–Trinajstić information content (AvgIpc) is 3.10. The van der Waals surface area contributed by atoms with Crippen LogP contribution in [0.4, 0.5) is 4.79 Å². The quantitative estimate of drug-likeness (QED) is 0.0745. The summed E-state index contributed by atoms with van der Waals surface area (Å²) in [5.74, 6) is -1.53. The molecule has 0 spiro atoms. The monoisotopic (exact) mass is 690 g/mol. The number of ether oxygens (including phenoxy) is 5. The SMILES string of the molecule is CC(=O)OC1[C@@H](OC(C)=O)[C@H](N=[N+]=[N-])C[C@H](N=[N+]=[N-])[C@H]1O[C@H]1O[C@H]([C@H](C)N(Cc2ccccc2)C(=O)OCc2ccccc2)CC[C@@H]1N=[N+]=[N-]. The number of benzene rings is 2. The Morgan fingerprint density at radius 3 is 1.92 bits per heavy atom. The molecule has 2 aromatic carbocycles. The molecule has 1 aliphatic heterocycles. The Hall–Kier alpha value is -5.50. The summed E-state index contributed by atoms with van der Waals surface area (Å²) in [5, 5.41) is 11.4. The van der Waals surface area contributed by atoms with E-state index in [1.807, 2.05) is 60.7 Å². The molecule has 1 saturated carbocycles. The highest BCUT2D eigenvalue weighted by atomic mass is 16.7. The van der Waals surface area contributed by atoms with Gasteiger partial charge in [0.15, 0.2) is 12.4 Å². The summed E-state index contributed by atoms with van der Waals surface area (Å²) in [6, 6.07) is 14.9. The Morgan fingerprint density at radius 2 is 1.34 bits per heavy atom. The summed E-state index contributed by atoms with van der Waals surface area (Å²) in [5.41, 5.74) is 29.6. The maximum Gasteiger partial charge on any atom is 0.410 e. The number of nitrogens with zero attached hydrogens (tertiary/aromatic N) is 10. The molecule has 1 saturated heterocycles. The molecule has 0 aromatic heterocycles. The number of esters is 2. The smallest absolute Gasteiger partial charge is 0.410 e. The molecule has 0 radical (unpaired) electrons. The van der Waals surface area contributed by atoms with E-state index in [1.54, 1.807) is 11.8 Å². The molecule has 1 unspecified atom stereocenters. The first-order valence-electron chi connectivity index (χ1n) is 15.9. The van der Waals surface area contributed by atoms with Crippen LogP contribution in [-0.4, -0.2) is 77.8 Å². The second-order valence-electron chi connectivity index (χ2n) is 11.8. The normalized spacial score (nSPS) is 26.4. The fourth-order valence-corrected chi connectivity index (χ4v) is 6.10. The molecule has 2 fully saturated rings. The van der Waals surface area contributed by atoms with Crippen LogP contribution in [-0.2, 0) is 46.4 Å². The molecule has 18 nitrogen and oxygen atoms in total. The van der Waals surface area contributed by atoms with Gasteiger partial charge in [-0.15, -0.1) is 0 Å². The molecule has 50 heavy (non-hydrogen) atoms. The van der Waals surface area contributed by atoms with Crippen LogP contribution in [0.3, 0.4) is 0 Å². The fourth-order valence-electron chi connectivity index (χ4n) is 6.10. The Labute approximate surface area is 287 Å². The second kappa shape index (κ2) is 18.3. The van der Waals surface area contributed by atoms with Crippen molar-refractivity contribution < 1.29 is 38.1 Å². The van der Waals surface area contributed by atoms with Gasteiger partial charge in [-0.3, -0.25) is 14.5 Å². The first kappa shape index (κ1) is 37.3. The number of amides is 1. The highest BCUT2D eigenvalue weighted by molar-refractivity contribution is 5.68. The van der Waals surface area contributed by atoms with Crippen molar-refractivity contribution in [1.82, 2.24) is 4.90 Å². The van der Waals surface area contributed by atoms with Crippen molar-refractivity contribution in [3.63, 3.8) is 0 Å². The topological polar surface area (TPSA) is 247 Å². The van der Waals surface area contributed by atoms with Gasteiger partial charge in [0.1, 0.15) is 18.8 Å². The largest absolute Gasteiger partial charge is 0.458 e. The molecule has 1 amide bonds. The van der Waals surface area contributed by atoms with Crippen molar-refractivity contribution in [2.75, 3.05) is 0 Å². The summed E-state index contributed by atoms with van der Waals surface area (Å²) >= 11 is 0. The van der Waals surface area contributed by atoms with E-state index in [0.717, 1.165) is 25.0 Å². The molecule has 2 aromatic rings. The van der Waals surface area contributed by atoms with Gasteiger partial charge >= 0.3 is 18.0 Å². The molecule has 0 bridgehead atoms. The average molecular weight is 691 g/mol. The predicted molar refractivity (Wildman–Crippen MR) is 175 cm³/mol. The zero-order valence-electron chi connectivity index (χ0n) is 27.7. The maximum absolute atomic E-state index is 13.6. The molecule has 4 rings (SSSR count). The summed E-state index contributed by atoms with van der Waals surface area (Å²) < 4.78 is 29.5. The molecule has 264 valence electrons. The van der Waals surface area contributed by atoms with E-state index >= 15 is 0 Å². The van der Waals surface area contributed by atoms with Crippen molar-refractivity contribution in [2.45, 2.75) is 108 Å². The Balaban J connectivity index is 1.64. The van der Waals surface area contributed by atoms with Crippen molar-refractivity contribution >= 4 is 18.0 Å². The molecule has 2 aliphatic rings. The van der Waals surface area contributed by atoms with Gasteiger partial charge in [-0.2, -0.15) is 0 Å². The van der Waals surface area contributed by atoms with Crippen molar-refractivity contribution in [2.24, 2.45) is 15.3 Å². The maximum atomic E-state index is 13.6. The third kappa shape index (κ3) is 10.0. The summed E-state index contributed by atoms with van der Waals surface area (Å²) in [6.45, 7) is 4.30. The van der Waals surface area contributed by atoms with Gasteiger partial charge in [0.2, 0.25) is 0 Å². The van der Waals surface area contributed by atoms with Crippen LogP contribution in [0.2, 0.25) is 0 Å². The van der Waals surface area contributed by atoms with Crippen LogP contribution in [0.1, 0.15) is 51.2 Å². The lowest BCUT2D eigenvalue weighted by molar-refractivity contribution is -0.263. The Kier molecular flexibility index (Phi) is 13.7. The number of hydrogen-bond acceptors (Lipinski definition) is 11. The van der Waals surface area contributed by atoms with Crippen molar-refractivity contribution in [3.05, 3.63) is 103 Å². The number of azide groups is 3. The highest BCUT2D eigenvalue weighted by Gasteiger charge is 2.51. The van der Waals surface area contributed by atoms with Gasteiger partial charge in [-0.25, -0.2) is 4.79 Å². The molecule has 9 atom stereocenters. The number of rotatable bonds is 13. The number of hydrogen-bond donors (Lipinski definition) is 0. The van der Waals surface area contributed by atoms with E-state index in [2.05, 4.69) is 30.1 Å². The lowest BCUT2D eigenvalue weighted by Gasteiger charge is -2.46. The predicted octanol–water partition coefficient (Wildman–Crippen LogP) is 6.41. The first-order valence-corrected chi connectivity index (χ1v) is 15.9. The van der Waals surface area contributed by atoms with Crippen molar-refractivity contribution in [1.29, 1.82) is 0 Å². The van der Waals surface area contributed by atoms with Crippen LogP contribution >= 0.6 is 0 Å². The minimum Gasteiger partial charge on any atom is -0.458 e. The molecular weight excluding hydrogens is 652 g/mol. The third-order valence-electron chi connectivity index (χ3n) is 8.42. The highest BCUT2D eigenvalue weighted by Crippen LogP contribution is 2.36. The van der Waals surface area contributed by atoms with E-state index < -0.39 is 72.9 Å². The van der Waals surface area contributed by atoms with Crippen molar-refractivity contribution in [3.8, 4) is 0 Å². The van der Waals surface area contributed by atoms with Crippen LogP contribution in [0.25, 0.3) is 31.3 Å². The van der Waals surface area contributed by atoms with Gasteiger partial charge in [-0.05, 0) is 53.9 Å². The molecule has 1 heterocycles. The van der Waals surface area contributed by atoms with E-state index in [0.29, 0.717) is 6.42 Å². The van der Waals surface area contributed by atoms with E-state index in [-0.39, 0.29) is 26.0 Å². The van der Waals surface area contributed by atoms with Crippen LogP contribution in [0.15, 0.2) is 76.0 Å². The number of carbonyl (C=O) groups excluding carboxylic acids is 3. The fraction of sp³-hybridized carbons (Fsp3) is 0.531. The van der Waals surface area contributed by atoms with Gasteiger partial charge in [0.05, 0.1) is 30.3 Å². The van der Waals surface area contributed by atoms with Gasteiger partial charge < -0.3 is 23.7 Å². The molecule has 1 aliphatic carbocycles. The van der Waals surface area contributed by atoms with E-state index in [4.69, 9.17) is 23.7 Å². The minimum absolute atomic E-state index is 0.0499. The van der Waals surface area contributed by atoms with E-state index in [9.17, 15) is 31.0 Å². The van der Waals surface area contributed by atoms with Gasteiger partial charge in [-0.1, -0.05) is 76.0 Å². The van der Waals surface area contributed by atoms with Gasteiger partial charge in [0, 0.05) is 35.1 Å². The van der Waals surface area contributed by atoms with Crippen LogP contribution in [0.5, 0.6) is 0 Å². The lowest BCUT2D eigenvalue weighted by Crippen LogP contribution is -2.60. The lowest BCUT2D eigenvalue weighted by atomic mass is 9.84. The standard InChI is InChI=1S/C32H38N10O8/c1-19(42(17-22-10-6-4-7-11-22)32(45)46-18-23-12-8-5-9-13-23)27-15-14-24(36-39-33)31(49-27)50-29-26(38-41-35)16-25(37-40-34)28(47-20(2)43)30(29)48-21(3)44/h4-13,19,24-31H,14-18H2,1-3H3/t19-,24-,25+,26-,27-,28-,29+,30?,31+/m0/s1. The minimum atomic E-state index is -1.41. The number of carbonyl (C=O) groups is 3. The first-order chi connectivity index (χ1) is 24.1. The molecular formula is C32H38N10O8. The third-order valence-corrected chi connectivity index (χ3v) is 8.42. The Morgan fingerprint density at radius 1 is 0.800 bits per heavy atom. The molecule has 18 heteroatoms. The summed E-state index contributed by atoms with van der Waals surface area (Å²) in [6.07, 6.45) is -6.07.